The van der Waals surface area contributed by atoms with Crippen molar-refractivity contribution in [3.63, 3.8) is 0 Å². The van der Waals surface area contributed by atoms with Crippen molar-refractivity contribution in [1.29, 1.82) is 5.26 Å². The fourth-order valence-corrected chi connectivity index (χ4v) is 7.07. The summed E-state index contributed by atoms with van der Waals surface area (Å²) in [6, 6.07) is 11.7. The molecule has 4 rings (SSSR count). The number of alkyl halides is 3. The van der Waals surface area contributed by atoms with Gasteiger partial charge in [-0.2, -0.15) is 18.4 Å². The predicted molar refractivity (Wildman–Crippen MR) is 165 cm³/mol. The molecule has 0 spiro atoms. The molecule has 2 fully saturated rings. The third-order valence-corrected chi connectivity index (χ3v) is 9.42. The Morgan fingerprint density at radius 3 is 2.33 bits per heavy atom. The second-order valence-corrected chi connectivity index (χ2v) is 12.3. The highest BCUT2D eigenvalue weighted by Gasteiger charge is 2.44. The van der Waals surface area contributed by atoms with Crippen LogP contribution in [-0.2, 0) is 16.4 Å². The first-order valence-electron chi connectivity index (χ1n) is 16.4. The Bertz CT molecular complexity index is 1340. The predicted octanol–water partition coefficient (Wildman–Crippen LogP) is 7.55. The molecular weight excluding hydrogens is 581 g/mol. The average molecular weight is 627 g/mol. The van der Waals surface area contributed by atoms with Crippen LogP contribution in [-0.4, -0.2) is 58.4 Å². The number of amides is 2. The van der Waals surface area contributed by atoms with E-state index in [-0.39, 0.29) is 18.6 Å². The Morgan fingerprint density at radius 1 is 1.07 bits per heavy atom. The molecule has 1 aliphatic carbocycles. The van der Waals surface area contributed by atoms with Gasteiger partial charge in [-0.15, -0.1) is 0 Å². The first-order valence-corrected chi connectivity index (χ1v) is 16.4. The van der Waals surface area contributed by atoms with Gasteiger partial charge in [0, 0.05) is 37.4 Å². The summed E-state index contributed by atoms with van der Waals surface area (Å²) in [6.45, 7) is 6.48. The summed E-state index contributed by atoms with van der Waals surface area (Å²) in [5.74, 6) is -0.800. The lowest BCUT2D eigenvalue weighted by atomic mass is 9.73. The van der Waals surface area contributed by atoms with E-state index < -0.39 is 40.7 Å². The number of hydrogen-bond donors (Lipinski definition) is 0. The minimum absolute atomic E-state index is 0.124. The van der Waals surface area contributed by atoms with Crippen LogP contribution < -0.4 is 4.74 Å². The zero-order valence-electron chi connectivity index (χ0n) is 26.6. The van der Waals surface area contributed by atoms with Crippen molar-refractivity contribution < 1.29 is 27.5 Å². The number of ether oxygens (including phenoxy) is 1. The van der Waals surface area contributed by atoms with E-state index in [1.54, 1.807) is 11.8 Å². The summed E-state index contributed by atoms with van der Waals surface area (Å²) >= 11 is 0. The quantitative estimate of drug-likeness (QED) is 0.243. The van der Waals surface area contributed by atoms with Gasteiger partial charge in [-0.05, 0) is 76.5 Å². The van der Waals surface area contributed by atoms with E-state index in [1.165, 1.54) is 17.2 Å². The summed E-state index contributed by atoms with van der Waals surface area (Å²) in [7, 11) is 0. The second-order valence-electron chi connectivity index (χ2n) is 12.3. The van der Waals surface area contributed by atoms with Gasteiger partial charge in [-0.25, -0.2) is 0 Å². The zero-order valence-corrected chi connectivity index (χ0v) is 26.6. The maximum atomic E-state index is 14.2. The van der Waals surface area contributed by atoms with Crippen LogP contribution in [0.5, 0.6) is 5.75 Å². The number of carbonyl (C=O) groups is 2. The van der Waals surface area contributed by atoms with Crippen LogP contribution in [0.2, 0.25) is 0 Å². The van der Waals surface area contributed by atoms with Gasteiger partial charge >= 0.3 is 6.18 Å². The normalized spacial score (nSPS) is 18.2. The van der Waals surface area contributed by atoms with E-state index in [9.17, 15) is 28.0 Å². The molecule has 0 bridgehead atoms. The van der Waals surface area contributed by atoms with Crippen molar-refractivity contribution in [3.05, 3.63) is 59.4 Å². The third kappa shape index (κ3) is 7.62. The number of carbonyl (C=O) groups excluding carboxylic acids is 2. The van der Waals surface area contributed by atoms with Gasteiger partial charge in [-0.1, -0.05) is 44.9 Å². The van der Waals surface area contributed by atoms with Crippen LogP contribution in [0.4, 0.5) is 13.2 Å². The fourth-order valence-electron chi connectivity index (χ4n) is 7.07. The SMILES string of the molecule is CCCC(C(=O)N1CCC(C#N)(c2ccccc2OC2CCCC2)CC1)C(CCC)N(CC)C(=O)c1ncccc1C(F)(F)F. The number of pyridine rings is 1. The Kier molecular flexibility index (Phi) is 11.5. The molecule has 2 heterocycles. The van der Waals surface area contributed by atoms with Gasteiger partial charge in [0.1, 0.15) is 11.4 Å². The lowest BCUT2D eigenvalue weighted by Gasteiger charge is -2.42. The fraction of sp³-hybridized carbons (Fsp3) is 0.600. The van der Waals surface area contributed by atoms with E-state index >= 15 is 0 Å². The first-order chi connectivity index (χ1) is 21.6. The Morgan fingerprint density at radius 2 is 1.73 bits per heavy atom. The van der Waals surface area contributed by atoms with Crippen molar-refractivity contribution in [2.45, 2.75) is 109 Å². The van der Waals surface area contributed by atoms with Crippen molar-refractivity contribution in [2.24, 2.45) is 5.92 Å². The number of piperidine rings is 1. The molecule has 2 unspecified atom stereocenters. The molecule has 10 heteroatoms. The minimum atomic E-state index is -4.74. The lowest BCUT2D eigenvalue weighted by molar-refractivity contribution is -0.140. The van der Waals surface area contributed by atoms with E-state index in [1.807, 2.05) is 38.1 Å². The number of para-hydroxylation sites is 1. The molecule has 2 aromatic rings. The summed E-state index contributed by atoms with van der Waals surface area (Å²) in [4.78, 5) is 34.9. The number of halogens is 3. The molecule has 1 aromatic carbocycles. The summed E-state index contributed by atoms with van der Waals surface area (Å²) in [5, 5.41) is 10.5. The molecular formula is C35H45F3N4O3. The van der Waals surface area contributed by atoms with Crippen LogP contribution in [0.25, 0.3) is 0 Å². The highest BCUT2D eigenvalue weighted by atomic mass is 19.4. The number of aromatic nitrogens is 1. The Balaban J connectivity index is 1.57. The molecule has 1 saturated carbocycles. The topological polar surface area (TPSA) is 86.5 Å². The largest absolute Gasteiger partial charge is 0.490 e. The molecule has 2 amide bonds. The average Bonchev–Trinajstić information content (AvgIpc) is 3.56. The van der Waals surface area contributed by atoms with E-state index in [2.05, 4.69) is 11.1 Å². The molecule has 1 aromatic heterocycles. The smallest absolute Gasteiger partial charge is 0.418 e. The van der Waals surface area contributed by atoms with Crippen molar-refractivity contribution in [1.82, 2.24) is 14.8 Å². The maximum absolute atomic E-state index is 14.2. The second kappa shape index (κ2) is 15.1. The molecule has 1 saturated heterocycles. The van der Waals surface area contributed by atoms with E-state index in [0.29, 0.717) is 51.6 Å². The molecule has 2 atom stereocenters. The van der Waals surface area contributed by atoms with Crippen molar-refractivity contribution >= 4 is 11.8 Å². The van der Waals surface area contributed by atoms with Crippen molar-refractivity contribution in [3.8, 4) is 11.8 Å². The number of likely N-dealkylation sites (tertiary alicyclic amines) is 1. The molecule has 7 nitrogen and oxygen atoms in total. The first kappa shape index (κ1) is 34.3. The van der Waals surface area contributed by atoms with Crippen LogP contribution in [0.1, 0.15) is 107 Å². The molecule has 2 aliphatic rings. The van der Waals surface area contributed by atoms with Gasteiger partial charge in [0.05, 0.1) is 29.1 Å². The number of nitrogens with zero attached hydrogens (tertiary/aromatic N) is 4. The van der Waals surface area contributed by atoms with Crippen molar-refractivity contribution in [2.75, 3.05) is 19.6 Å². The minimum Gasteiger partial charge on any atom is -0.490 e. The molecule has 244 valence electrons. The Hall–Kier alpha value is -3.61. The van der Waals surface area contributed by atoms with Crippen LogP contribution in [0, 0.1) is 17.2 Å². The third-order valence-electron chi connectivity index (χ3n) is 9.42. The van der Waals surface area contributed by atoms with Gasteiger partial charge < -0.3 is 14.5 Å². The van der Waals surface area contributed by atoms with Crippen LogP contribution in [0.3, 0.4) is 0 Å². The van der Waals surface area contributed by atoms with E-state index in [4.69, 9.17) is 4.74 Å². The highest BCUT2D eigenvalue weighted by molar-refractivity contribution is 5.94. The monoisotopic (exact) mass is 626 g/mol. The highest BCUT2D eigenvalue weighted by Crippen LogP contribution is 2.42. The number of nitriles is 1. The zero-order chi connectivity index (χ0) is 32.6. The molecule has 0 radical (unpaired) electrons. The molecule has 45 heavy (non-hydrogen) atoms. The number of rotatable bonds is 12. The number of benzene rings is 1. The molecule has 1 aliphatic heterocycles. The van der Waals surface area contributed by atoms with Gasteiger partial charge in [0.2, 0.25) is 5.91 Å². The number of hydrogen-bond acceptors (Lipinski definition) is 5. The van der Waals surface area contributed by atoms with Crippen LogP contribution in [0.15, 0.2) is 42.6 Å². The van der Waals surface area contributed by atoms with Gasteiger partial charge in [0.25, 0.3) is 5.91 Å². The lowest BCUT2D eigenvalue weighted by Crippen LogP contribution is -2.53. The summed E-state index contributed by atoms with van der Waals surface area (Å²) in [6.07, 6.45) is 4.02. The Labute approximate surface area is 264 Å². The maximum Gasteiger partial charge on any atom is 0.418 e. The van der Waals surface area contributed by atoms with Gasteiger partial charge in [-0.3, -0.25) is 14.6 Å². The summed E-state index contributed by atoms with van der Waals surface area (Å²) < 4.78 is 47.8. The van der Waals surface area contributed by atoms with Gasteiger partial charge in [0.15, 0.2) is 0 Å². The molecule has 0 N–H and O–H groups in total. The standard InChI is InChI=1S/C35H45F3N4O3/c1-4-12-26(29(13-5-2)42(6-3)33(44)31-28(35(36,37)38)17-11-21-40-31)32(43)41-22-19-34(24-39,20-23-41)27-16-9-10-18-30(27)45-25-14-7-8-15-25/h9-11,16-18,21,25-26,29H,4-8,12-15,19-20,22-23H2,1-3H3. The summed E-state index contributed by atoms with van der Waals surface area (Å²) in [5.41, 5.74) is -1.67. The van der Waals surface area contributed by atoms with Crippen LogP contribution >= 0.6 is 0 Å². The van der Waals surface area contributed by atoms with E-state index in [0.717, 1.165) is 43.1 Å².